The van der Waals surface area contributed by atoms with E-state index in [4.69, 9.17) is 26.2 Å². The molecule has 3 atom stereocenters. The largest absolute Gasteiger partial charge is 0.494 e. The Balaban J connectivity index is 0.00000145. The fourth-order valence-electron chi connectivity index (χ4n) is 3.21. The molecule has 0 spiro atoms. The number of ether oxygens (including phenoxy) is 2. The van der Waals surface area contributed by atoms with Gasteiger partial charge in [-0.15, -0.1) is 0 Å². The van der Waals surface area contributed by atoms with Gasteiger partial charge in [0.1, 0.15) is 11.5 Å². The number of benzene rings is 2. The fourth-order valence-corrected chi connectivity index (χ4v) is 3.43. The highest BCUT2D eigenvalue weighted by molar-refractivity contribution is 6.31. The molecule has 2 N–H and O–H groups in total. The van der Waals surface area contributed by atoms with Crippen LogP contribution >= 0.6 is 11.6 Å². The molecule has 1 saturated heterocycles. The zero-order valence-corrected chi connectivity index (χ0v) is 17.2. The van der Waals surface area contributed by atoms with Crippen molar-refractivity contribution < 1.29 is 28.9 Å². The molecule has 2 aromatic rings. The zero-order valence-electron chi connectivity index (χ0n) is 16.5. The molecule has 2 aromatic carbocycles. The molecule has 0 aromatic heterocycles. The third kappa shape index (κ3) is 6.00. The Morgan fingerprint density at radius 2 is 1.90 bits per heavy atom. The summed E-state index contributed by atoms with van der Waals surface area (Å²) in [5.41, 5.74) is 1.46. The first-order valence-corrected chi connectivity index (χ1v) is 9.78. The van der Waals surface area contributed by atoms with E-state index in [0.29, 0.717) is 34.1 Å². The van der Waals surface area contributed by atoms with Crippen LogP contribution in [0.1, 0.15) is 48.7 Å². The molecule has 3 rings (SSSR count). The molecule has 5 nitrogen and oxygen atoms in total. The lowest BCUT2D eigenvalue weighted by Crippen LogP contribution is -2.30. The quantitative estimate of drug-likeness (QED) is 0.727. The van der Waals surface area contributed by atoms with Crippen LogP contribution in [0.3, 0.4) is 0 Å². The van der Waals surface area contributed by atoms with Crippen molar-refractivity contribution in [2.24, 2.45) is 0 Å². The highest BCUT2D eigenvalue weighted by atomic mass is 35.5. The van der Waals surface area contributed by atoms with Crippen molar-refractivity contribution >= 4 is 17.4 Å². The van der Waals surface area contributed by atoms with Crippen molar-refractivity contribution in [3.8, 4) is 5.75 Å². The van der Waals surface area contributed by atoms with E-state index in [-0.39, 0.29) is 25.2 Å². The molecule has 1 aliphatic rings. The van der Waals surface area contributed by atoms with Gasteiger partial charge in [0.2, 0.25) is 0 Å². The Bertz CT molecular complexity index is 796. The Kier molecular flexibility index (Phi) is 9.04. The summed E-state index contributed by atoms with van der Waals surface area (Å²) in [4.78, 5) is 11.9. The number of aliphatic hydroxyl groups is 2. The van der Waals surface area contributed by atoms with Gasteiger partial charge >= 0.3 is 0 Å². The van der Waals surface area contributed by atoms with E-state index in [2.05, 4.69) is 0 Å². The Morgan fingerprint density at radius 3 is 2.52 bits per heavy atom. The number of ketones is 1. The summed E-state index contributed by atoms with van der Waals surface area (Å²) < 4.78 is 26.3. The number of halogens is 2. The number of rotatable bonds is 6. The van der Waals surface area contributed by atoms with Crippen LogP contribution in [0.4, 0.5) is 4.39 Å². The van der Waals surface area contributed by atoms with Crippen LogP contribution < -0.4 is 4.74 Å². The maximum absolute atomic E-state index is 15.1. The van der Waals surface area contributed by atoms with Crippen LogP contribution in [0.15, 0.2) is 42.5 Å². The molecule has 1 aliphatic heterocycles. The van der Waals surface area contributed by atoms with Gasteiger partial charge in [-0.3, -0.25) is 4.79 Å². The molecule has 29 heavy (non-hydrogen) atoms. The van der Waals surface area contributed by atoms with Crippen molar-refractivity contribution in [3.63, 3.8) is 0 Å². The smallest absolute Gasteiger partial charge is 0.152 e. The van der Waals surface area contributed by atoms with Crippen LogP contribution in [-0.2, 0) is 9.53 Å². The van der Waals surface area contributed by atoms with Gasteiger partial charge < -0.3 is 19.7 Å². The summed E-state index contributed by atoms with van der Waals surface area (Å²) in [5.74, 6) is 0.697. The molecule has 3 unspecified atom stereocenters. The summed E-state index contributed by atoms with van der Waals surface area (Å²) in [6, 6.07) is 11.8. The monoisotopic (exact) mass is 424 g/mol. The van der Waals surface area contributed by atoms with Gasteiger partial charge in [0.05, 0.1) is 25.4 Å². The minimum Gasteiger partial charge on any atom is -0.494 e. The lowest BCUT2D eigenvalue weighted by atomic mass is 9.94. The molecule has 0 radical (unpaired) electrons. The van der Waals surface area contributed by atoms with Crippen LogP contribution in [0.25, 0.3) is 0 Å². The lowest BCUT2D eigenvalue weighted by molar-refractivity contribution is -0.139. The van der Waals surface area contributed by atoms with Gasteiger partial charge in [0.15, 0.2) is 6.17 Å². The minimum atomic E-state index is -1.42. The summed E-state index contributed by atoms with van der Waals surface area (Å²) in [7, 11) is 1.00. The summed E-state index contributed by atoms with van der Waals surface area (Å²) in [6.45, 7) is 2.21. The lowest BCUT2D eigenvalue weighted by Gasteiger charge is -2.29. The van der Waals surface area contributed by atoms with Gasteiger partial charge in [-0.1, -0.05) is 29.8 Å². The molecule has 7 heteroatoms. The van der Waals surface area contributed by atoms with Gasteiger partial charge in [0.25, 0.3) is 0 Å². The molecular formula is C22H26ClFO5. The second-order valence-corrected chi connectivity index (χ2v) is 6.93. The number of alkyl halides is 1. The van der Waals surface area contributed by atoms with Crippen LogP contribution in [0, 0.1) is 0 Å². The van der Waals surface area contributed by atoms with E-state index in [1.54, 1.807) is 42.5 Å². The topological polar surface area (TPSA) is 76.0 Å². The maximum Gasteiger partial charge on any atom is 0.152 e. The Labute approximate surface area is 175 Å². The van der Waals surface area contributed by atoms with Crippen molar-refractivity contribution in [2.75, 3.05) is 20.3 Å². The highest BCUT2D eigenvalue weighted by Gasteiger charge is 2.29. The second kappa shape index (κ2) is 11.3. The molecule has 1 fully saturated rings. The minimum absolute atomic E-state index is 0.0186. The van der Waals surface area contributed by atoms with Crippen molar-refractivity contribution in [2.45, 2.75) is 38.1 Å². The molecule has 1 heterocycles. The molecule has 158 valence electrons. The summed E-state index contributed by atoms with van der Waals surface area (Å²) >= 11 is 6.23. The van der Waals surface area contributed by atoms with Crippen molar-refractivity contribution in [3.05, 3.63) is 64.2 Å². The number of Topliss-reactive ketones (excluding diaryl/α,β-unsaturated/α-hetero) is 1. The third-order valence-electron chi connectivity index (χ3n) is 4.58. The normalized spacial score (nSPS) is 19.9. The number of aliphatic hydroxyl groups excluding tert-OH is 2. The van der Waals surface area contributed by atoms with E-state index in [1.165, 1.54) is 0 Å². The summed E-state index contributed by atoms with van der Waals surface area (Å²) in [6.07, 6.45) is -2.04. The first-order valence-electron chi connectivity index (χ1n) is 9.40. The zero-order chi connectivity index (χ0) is 21.4. The molecule has 0 aliphatic carbocycles. The van der Waals surface area contributed by atoms with Crippen LogP contribution in [-0.4, -0.2) is 42.4 Å². The van der Waals surface area contributed by atoms with E-state index >= 15 is 4.39 Å². The number of carbonyl (C=O) groups is 1. The average Bonchev–Trinajstić information content (AvgIpc) is 2.75. The SMILES string of the molecule is CCOc1ccc(C(F)c2cc(C3CC(=O)CC(CO)O3)ccc2Cl)cc1.CO. The fraction of sp³-hybridized carbons (Fsp3) is 0.409. The predicted octanol–water partition coefficient (Wildman–Crippen LogP) is 4.19. The van der Waals surface area contributed by atoms with E-state index in [0.717, 1.165) is 7.11 Å². The number of hydrogen-bond acceptors (Lipinski definition) is 5. The number of carbonyl (C=O) groups excluding carboxylic acids is 1. The average molecular weight is 425 g/mol. The van der Waals surface area contributed by atoms with E-state index in [1.807, 2.05) is 6.92 Å². The second-order valence-electron chi connectivity index (χ2n) is 6.52. The van der Waals surface area contributed by atoms with Gasteiger partial charge in [0, 0.05) is 30.5 Å². The van der Waals surface area contributed by atoms with E-state index < -0.39 is 18.4 Å². The maximum atomic E-state index is 15.1. The van der Waals surface area contributed by atoms with Crippen LogP contribution in [0.2, 0.25) is 5.02 Å². The Morgan fingerprint density at radius 1 is 1.21 bits per heavy atom. The van der Waals surface area contributed by atoms with Crippen LogP contribution in [0.5, 0.6) is 5.75 Å². The number of hydrogen-bond donors (Lipinski definition) is 2. The third-order valence-corrected chi connectivity index (χ3v) is 4.92. The van der Waals surface area contributed by atoms with Gasteiger partial charge in [-0.25, -0.2) is 4.39 Å². The first kappa shape index (κ1) is 23.3. The first-order chi connectivity index (χ1) is 14.0. The van der Waals surface area contributed by atoms with Crippen molar-refractivity contribution in [1.82, 2.24) is 0 Å². The molecule has 0 amide bonds. The molecular weight excluding hydrogens is 399 g/mol. The summed E-state index contributed by atoms with van der Waals surface area (Å²) in [5, 5.41) is 16.6. The predicted molar refractivity (Wildman–Crippen MR) is 109 cm³/mol. The molecule has 0 bridgehead atoms. The van der Waals surface area contributed by atoms with Crippen molar-refractivity contribution in [1.29, 1.82) is 0 Å². The van der Waals surface area contributed by atoms with Gasteiger partial charge in [-0.05, 0) is 42.3 Å². The van der Waals surface area contributed by atoms with E-state index in [9.17, 15) is 9.90 Å². The highest BCUT2D eigenvalue weighted by Crippen LogP contribution is 2.37. The van der Waals surface area contributed by atoms with Gasteiger partial charge in [-0.2, -0.15) is 0 Å². The molecule has 0 saturated carbocycles. The standard InChI is InChI=1S/C21H22ClFO4.CH4O/c1-2-26-16-6-3-13(4-7-16)21(23)18-9-14(5-8-19(18)22)20-11-15(25)10-17(12-24)27-20;1-2/h3-9,17,20-21,24H,2,10-12H2,1H3;2H,1H3. The Hall–Kier alpha value is -1.99.